The van der Waals surface area contributed by atoms with Crippen LogP contribution >= 0.6 is 0 Å². The zero-order valence-electron chi connectivity index (χ0n) is 29.4. The molecule has 0 amide bonds. The van der Waals surface area contributed by atoms with Crippen molar-refractivity contribution in [2.45, 2.75) is 52.4 Å². The molecule has 0 fully saturated rings. The summed E-state index contributed by atoms with van der Waals surface area (Å²) >= 11 is 0. The third-order valence-corrected chi connectivity index (χ3v) is 10.2. The topological polar surface area (TPSA) is 26.0 Å². The van der Waals surface area contributed by atoms with E-state index in [-0.39, 0.29) is 10.8 Å². The molecule has 0 unspecified atom stereocenters. The van der Waals surface area contributed by atoms with Crippen molar-refractivity contribution in [3.63, 3.8) is 0 Å². The molecule has 0 radical (unpaired) electrons. The molecule has 49 heavy (non-hydrogen) atoms. The number of hydrogen-bond donors (Lipinski definition) is 1. The van der Waals surface area contributed by atoms with Crippen LogP contribution in [0, 0.1) is 0 Å². The second kappa shape index (κ2) is 11.3. The van der Waals surface area contributed by atoms with Crippen LogP contribution in [-0.4, -0.2) is 0 Å². The first-order chi connectivity index (χ1) is 23.5. The van der Waals surface area contributed by atoms with Gasteiger partial charge in [-0.2, -0.15) is 0 Å². The Balaban J connectivity index is 1.55. The Kier molecular flexibility index (Phi) is 7.16. The predicted octanol–water partition coefficient (Wildman–Crippen LogP) is 13.3. The number of hydrogen-bond acceptors (Lipinski definition) is 1. The lowest BCUT2D eigenvalue weighted by atomic mass is 9.80. The first-order valence-corrected chi connectivity index (χ1v) is 17.4. The molecule has 1 aliphatic rings. The molecule has 7 aromatic carbocycles. The van der Waals surface area contributed by atoms with Crippen LogP contribution in [0.4, 0.5) is 5.69 Å². The Morgan fingerprint density at radius 3 is 1.45 bits per heavy atom. The van der Waals surface area contributed by atoms with E-state index in [0.29, 0.717) is 0 Å². The fourth-order valence-electron chi connectivity index (χ4n) is 7.57. The maximum absolute atomic E-state index is 6.25. The largest absolute Gasteiger partial charge is 0.399 e. The van der Waals surface area contributed by atoms with E-state index in [4.69, 9.17) is 5.73 Å². The molecule has 0 saturated heterocycles. The van der Waals surface area contributed by atoms with Gasteiger partial charge in [-0.15, -0.1) is 0 Å². The molecule has 0 atom stereocenters. The van der Waals surface area contributed by atoms with Gasteiger partial charge in [-0.1, -0.05) is 145 Å². The van der Waals surface area contributed by atoms with Gasteiger partial charge in [-0.05, 0) is 136 Å². The average molecular weight is 634 g/mol. The van der Waals surface area contributed by atoms with Gasteiger partial charge in [0.2, 0.25) is 0 Å². The number of nitrogen functional groups attached to an aromatic ring is 1. The summed E-state index contributed by atoms with van der Waals surface area (Å²) in [5, 5.41) is 2.68. The number of benzene rings is 7. The highest BCUT2D eigenvalue weighted by molar-refractivity contribution is 6.23. The van der Waals surface area contributed by atoms with Crippen molar-refractivity contribution >= 4 is 16.5 Å². The molecule has 1 nitrogen and oxygen atoms in total. The molecule has 0 aromatic heterocycles. The van der Waals surface area contributed by atoms with Gasteiger partial charge in [0.1, 0.15) is 0 Å². The van der Waals surface area contributed by atoms with E-state index >= 15 is 0 Å². The monoisotopic (exact) mass is 633 g/mol. The molecule has 2 N–H and O–H groups in total. The SMILES string of the molecule is CC(C)(C)c1cc2c3c(cc(C(C)(C)C)cc3c1)-c1c(-c3ccccc3)c(-c3cccc(-c4cccc(N)c4)c3)cc(-c3ccccc3)c1-2. The van der Waals surface area contributed by atoms with Crippen LogP contribution in [0.5, 0.6) is 0 Å². The van der Waals surface area contributed by atoms with E-state index in [0.717, 1.165) is 16.8 Å². The van der Waals surface area contributed by atoms with E-state index in [2.05, 4.69) is 169 Å². The summed E-state index contributed by atoms with van der Waals surface area (Å²) in [4.78, 5) is 0. The number of rotatable bonds is 4. The minimum atomic E-state index is -0.00994. The van der Waals surface area contributed by atoms with E-state index in [1.807, 2.05) is 12.1 Å². The predicted molar refractivity (Wildman–Crippen MR) is 212 cm³/mol. The van der Waals surface area contributed by atoms with Crippen LogP contribution in [0.15, 0.2) is 140 Å². The van der Waals surface area contributed by atoms with Crippen LogP contribution in [0.1, 0.15) is 52.7 Å². The highest BCUT2D eigenvalue weighted by atomic mass is 14.5. The maximum atomic E-state index is 6.25. The third kappa shape index (κ3) is 5.35. The van der Waals surface area contributed by atoms with Gasteiger partial charge in [0.25, 0.3) is 0 Å². The van der Waals surface area contributed by atoms with Gasteiger partial charge in [-0.25, -0.2) is 0 Å². The molecule has 0 saturated carbocycles. The van der Waals surface area contributed by atoms with Crippen LogP contribution in [0.3, 0.4) is 0 Å². The normalized spacial score (nSPS) is 12.4. The van der Waals surface area contributed by atoms with E-state index in [1.54, 1.807) is 0 Å². The molecule has 0 heterocycles. The van der Waals surface area contributed by atoms with Gasteiger partial charge in [0.05, 0.1) is 0 Å². The van der Waals surface area contributed by atoms with Gasteiger partial charge in [-0.3, -0.25) is 0 Å². The maximum Gasteiger partial charge on any atom is 0.0320 e. The Labute approximate surface area is 291 Å². The summed E-state index contributed by atoms with van der Waals surface area (Å²) in [6.45, 7) is 14.0. The lowest BCUT2D eigenvalue weighted by Crippen LogP contribution is -2.12. The zero-order valence-corrected chi connectivity index (χ0v) is 29.4. The Morgan fingerprint density at radius 2 is 0.857 bits per heavy atom. The van der Waals surface area contributed by atoms with Crippen molar-refractivity contribution in [3.8, 4) is 66.8 Å². The summed E-state index contributed by atoms with van der Waals surface area (Å²) in [6, 6.07) is 51.4. The van der Waals surface area contributed by atoms with E-state index < -0.39 is 0 Å². The van der Waals surface area contributed by atoms with Gasteiger partial charge in [0, 0.05) is 5.69 Å². The summed E-state index contributed by atoms with van der Waals surface area (Å²) in [6.07, 6.45) is 0. The fourth-order valence-corrected chi connectivity index (χ4v) is 7.57. The van der Waals surface area contributed by atoms with Crippen LogP contribution in [-0.2, 0) is 10.8 Å². The molecular weight excluding hydrogens is 591 g/mol. The molecule has 1 aliphatic carbocycles. The lowest BCUT2D eigenvalue weighted by molar-refractivity contribution is 0.589. The number of nitrogens with two attached hydrogens (primary N) is 1. The smallest absolute Gasteiger partial charge is 0.0320 e. The van der Waals surface area contributed by atoms with Crippen LogP contribution in [0.2, 0.25) is 0 Å². The standard InChI is InChI=1S/C48H43N/c1-47(2,3)36-24-35-25-37(48(4,5)6)28-42-43(35)41(27-36)45-39(30-15-9-7-10-16-30)29-40(44(46(42)45)31-17-11-8-12-18-31)34-21-13-19-32(23-34)33-20-14-22-38(49)26-33/h7-29H,49H2,1-6H3. The third-order valence-electron chi connectivity index (χ3n) is 10.2. The molecule has 0 bridgehead atoms. The lowest BCUT2D eigenvalue weighted by Gasteiger charge is -2.23. The summed E-state index contributed by atoms with van der Waals surface area (Å²) < 4.78 is 0. The van der Waals surface area contributed by atoms with Gasteiger partial charge in [0.15, 0.2) is 0 Å². The zero-order chi connectivity index (χ0) is 34.1. The summed E-state index contributed by atoms with van der Waals surface area (Å²) in [5.41, 5.74) is 24.7. The van der Waals surface area contributed by atoms with Crippen molar-refractivity contribution in [2.24, 2.45) is 0 Å². The minimum Gasteiger partial charge on any atom is -0.399 e. The van der Waals surface area contributed by atoms with Crippen molar-refractivity contribution in [1.82, 2.24) is 0 Å². The molecule has 0 spiro atoms. The Morgan fingerprint density at radius 1 is 0.367 bits per heavy atom. The molecular formula is C48H43N. The van der Waals surface area contributed by atoms with Crippen molar-refractivity contribution in [3.05, 3.63) is 151 Å². The first-order valence-electron chi connectivity index (χ1n) is 17.4. The molecule has 1 heteroatoms. The van der Waals surface area contributed by atoms with Crippen LogP contribution < -0.4 is 5.73 Å². The second-order valence-electron chi connectivity index (χ2n) is 15.7. The second-order valence-corrected chi connectivity index (χ2v) is 15.7. The summed E-state index contributed by atoms with van der Waals surface area (Å²) in [5.74, 6) is 0. The fraction of sp³-hybridized carbons (Fsp3) is 0.167. The Bertz CT molecular complexity index is 2380. The van der Waals surface area contributed by atoms with E-state index in [1.165, 1.54) is 77.5 Å². The van der Waals surface area contributed by atoms with Crippen molar-refractivity contribution in [1.29, 1.82) is 0 Å². The molecule has 0 aliphatic heterocycles. The number of fused-ring (bicyclic) bond motifs is 3. The van der Waals surface area contributed by atoms with Crippen LogP contribution in [0.25, 0.3) is 77.5 Å². The quantitative estimate of drug-likeness (QED) is 0.192. The average Bonchev–Trinajstić information content (AvgIpc) is 3.42. The molecule has 7 aromatic rings. The van der Waals surface area contributed by atoms with Gasteiger partial charge >= 0.3 is 0 Å². The van der Waals surface area contributed by atoms with E-state index in [9.17, 15) is 0 Å². The first kappa shape index (κ1) is 30.9. The highest BCUT2D eigenvalue weighted by Crippen LogP contribution is 2.58. The number of anilines is 1. The van der Waals surface area contributed by atoms with Crippen molar-refractivity contribution < 1.29 is 0 Å². The Hall–Kier alpha value is -5.40. The minimum absolute atomic E-state index is 0.00171. The summed E-state index contributed by atoms with van der Waals surface area (Å²) in [7, 11) is 0. The molecule has 8 rings (SSSR count). The van der Waals surface area contributed by atoms with Crippen molar-refractivity contribution in [2.75, 3.05) is 5.73 Å². The highest BCUT2D eigenvalue weighted by Gasteiger charge is 2.33. The molecule has 240 valence electrons. The van der Waals surface area contributed by atoms with Gasteiger partial charge < -0.3 is 5.73 Å².